The summed E-state index contributed by atoms with van der Waals surface area (Å²) in [4.78, 5) is 18.2. The Kier molecular flexibility index (Phi) is 5.14. The highest BCUT2D eigenvalue weighted by atomic mass is 35.5. The molecule has 0 saturated heterocycles. The van der Waals surface area contributed by atoms with E-state index >= 15 is 0 Å². The second kappa shape index (κ2) is 5.35. The third kappa shape index (κ3) is 3.30. The highest BCUT2D eigenvalue weighted by Crippen LogP contribution is 2.28. The summed E-state index contributed by atoms with van der Waals surface area (Å²) in [7, 11) is 0. The van der Waals surface area contributed by atoms with Crippen molar-refractivity contribution in [1.29, 1.82) is 0 Å². The fraction of sp³-hybridized carbons (Fsp3) is 0. The van der Waals surface area contributed by atoms with Crippen LogP contribution in [0.15, 0.2) is 20.4 Å². The minimum absolute atomic E-state index is 0.819. The standard InChI is InChI=1S/C4Cl4N2O4/c5-1(4(8)10(13)14)2(3(6)7)9(11)12. The zero-order valence-corrected chi connectivity index (χ0v) is 9.06. The summed E-state index contributed by atoms with van der Waals surface area (Å²) in [5.41, 5.74) is -1.02. The molecule has 0 fully saturated rings. The second-order valence-corrected chi connectivity index (χ2v) is 3.41. The van der Waals surface area contributed by atoms with Crippen molar-refractivity contribution < 1.29 is 9.85 Å². The number of hydrogen-bond acceptors (Lipinski definition) is 4. The van der Waals surface area contributed by atoms with Crippen LogP contribution in [0, 0.1) is 20.2 Å². The molecule has 0 saturated carbocycles. The van der Waals surface area contributed by atoms with E-state index in [9.17, 15) is 20.2 Å². The molecule has 0 bridgehead atoms. The Labute approximate surface area is 97.0 Å². The van der Waals surface area contributed by atoms with Gasteiger partial charge in [-0.25, -0.2) is 0 Å². The van der Waals surface area contributed by atoms with Crippen LogP contribution in [-0.2, 0) is 0 Å². The summed E-state index contributed by atoms with van der Waals surface area (Å²) in [5.74, 6) is 0. The summed E-state index contributed by atoms with van der Waals surface area (Å²) in [5, 5.41) is 18.3. The van der Waals surface area contributed by atoms with E-state index in [4.69, 9.17) is 46.4 Å². The molecule has 0 aliphatic rings. The van der Waals surface area contributed by atoms with Gasteiger partial charge in [0.15, 0.2) is 4.49 Å². The van der Waals surface area contributed by atoms with E-state index in [2.05, 4.69) is 0 Å². The van der Waals surface area contributed by atoms with E-state index in [-0.39, 0.29) is 0 Å². The molecular weight excluding hydrogens is 282 g/mol. The van der Waals surface area contributed by atoms with Crippen molar-refractivity contribution in [2.75, 3.05) is 0 Å². The van der Waals surface area contributed by atoms with E-state index in [1.807, 2.05) is 0 Å². The molecule has 0 spiro atoms. The van der Waals surface area contributed by atoms with Crippen LogP contribution in [0.1, 0.15) is 0 Å². The number of nitrogens with zero attached hydrogens (tertiary/aromatic N) is 2. The third-order valence-electron chi connectivity index (χ3n) is 0.911. The second-order valence-electron chi connectivity index (χ2n) is 1.73. The van der Waals surface area contributed by atoms with Crippen LogP contribution >= 0.6 is 46.4 Å². The van der Waals surface area contributed by atoms with Crippen molar-refractivity contribution in [3.05, 3.63) is 40.6 Å². The quantitative estimate of drug-likeness (QED) is 0.344. The van der Waals surface area contributed by atoms with Gasteiger partial charge in [-0.2, -0.15) is 0 Å². The molecule has 14 heavy (non-hydrogen) atoms. The first-order valence-electron chi connectivity index (χ1n) is 2.68. The molecule has 0 aliphatic heterocycles. The lowest BCUT2D eigenvalue weighted by Crippen LogP contribution is -2.04. The minimum Gasteiger partial charge on any atom is -0.258 e. The first-order valence-corrected chi connectivity index (χ1v) is 4.20. The molecule has 0 radical (unpaired) electrons. The maximum atomic E-state index is 10.3. The van der Waals surface area contributed by atoms with Crippen molar-refractivity contribution in [2.45, 2.75) is 0 Å². The molecule has 0 aromatic heterocycles. The van der Waals surface area contributed by atoms with Gasteiger partial charge in [-0.1, -0.05) is 34.8 Å². The van der Waals surface area contributed by atoms with Crippen LogP contribution in [0.4, 0.5) is 0 Å². The van der Waals surface area contributed by atoms with Crippen LogP contribution in [0.3, 0.4) is 0 Å². The van der Waals surface area contributed by atoms with Crippen molar-refractivity contribution in [3.63, 3.8) is 0 Å². The topological polar surface area (TPSA) is 86.3 Å². The van der Waals surface area contributed by atoms with Gasteiger partial charge in [-0.05, 0) is 11.6 Å². The van der Waals surface area contributed by atoms with Gasteiger partial charge in [-0.15, -0.1) is 0 Å². The van der Waals surface area contributed by atoms with Gasteiger partial charge in [0.2, 0.25) is 5.03 Å². The smallest absolute Gasteiger partial charge is 0.258 e. The number of halogens is 4. The normalized spacial score (nSPS) is 11.7. The van der Waals surface area contributed by atoms with Crippen LogP contribution in [0.2, 0.25) is 0 Å². The molecule has 0 atom stereocenters. The molecule has 0 rings (SSSR count). The molecule has 0 aliphatic carbocycles. The zero-order valence-electron chi connectivity index (χ0n) is 6.04. The molecule has 10 heteroatoms. The average molecular weight is 282 g/mol. The average Bonchev–Trinajstić information content (AvgIpc) is 2.01. The highest BCUT2D eigenvalue weighted by Gasteiger charge is 2.29. The van der Waals surface area contributed by atoms with Gasteiger partial charge in [-0.3, -0.25) is 20.2 Å². The third-order valence-corrected chi connectivity index (χ3v) is 2.05. The molecule has 0 unspecified atom stereocenters. The van der Waals surface area contributed by atoms with Crippen molar-refractivity contribution in [1.82, 2.24) is 0 Å². The lowest BCUT2D eigenvalue weighted by Gasteiger charge is -1.95. The Balaban J connectivity index is 5.50. The Morgan fingerprint density at radius 3 is 1.57 bits per heavy atom. The number of allylic oxidation sites excluding steroid dienone is 1. The molecular formula is C4Cl4N2O4. The fourth-order valence-corrected chi connectivity index (χ4v) is 1.16. The minimum atomic E-state index is -1.13. The Hall–Kier alpha value is -0.560. The largest absolute Gasteiger partial charge is 0.363 e. The Bertz CT molecular complexity index is 345. The van der Waals surface area contributed by atoms with Crippen LogP contribution < -0.4 is 0 Å². The maximum Gasteiger partial charge on any atom is 0.363 e. The molecule has 0 aromatic rings. The molecule has 0 aromatic carbocycles. The molecule has 0 heterocycles. The number of nitro groups is 2. The summed E-state index contributed by atoms with van der Waals surface area (Å²) < 4.78 is -0.819. The van der Waals surface area contributed by atoms with Crippen LogP contribution in [0.25, 0.3) is 0 Å². The highest BCUT2D eigenvalue weighted by molar-refractivity contribution is 6.57. The lowest BCUT2D eigenvalue weighted by molar-refractivity contribution is -0.428. The fourth-order valence-electron chi connectivity index (χ4n) is 0.410. The number of rotatable bonds is 3. The SMILES string of the molecule is O=[N+]([O-])C(Cl)=C(Cl)C(=C(Cl)Cl)[N+](=O)[O-]. The van der Waals surface area contributed by atoms with Gasteiger partial charge >= 0.3 is 10.9 Å². The predicted molar refractivity (Wildman–Crippen MR) is 51.5 cm³/mol. The summed E-state index contributed by atoms with van der Waals surface area (Å²) in [6, 6.07) is 0. The Morgan fingerprint density at radius 2 is 1.36 bits per heavy atom. The monoisotopic (exact) mass is 280 g/mol. The maximum absolute atomic E-state index is 10.3. The number of hydrogen-bond donors (Lipinski definition) is 0. The van der Waals surface area contributed by atoms with E-state index in [1.54, 1.807) is 0 Å². The first-order chi connectivity index (χ1) is 6.29. The van der Waals surface area contributed by atoms with E-state index in [0.29, 0.717) is 0 Å². The summed E-state index contributed by atoms with van der Waals surface area (Å²) in [6.45, 7) is 0. The van der Waals surface area contributed by atoms with Crippen LogP contribution in [0.5, 0.6) is 0 Å². The molecule has 0 N–H and O–H groups in total. The van der Waals surface area contributed by atoms with E-state index in [0.717, 1.165) is 0 Å². The van der Waals surface area contributed by atoms with Gasteiger partial charge in [0.1, 0.15) is 0 Å². The van der Waals surface area contributed by atoms with Crippen molar-refractivity contribution >= 4 is 46.4 Å². The molecule has 0 amide bonds. The van der Waals surface area contributed by atoms with Gasteiger partial charge in [0.25, 0.3) is 0 Å². The van der Waals surface area contributed by atoms with E-state index in [1.165, 1.54) is 0 Å². The summed E-state index contributed by atoms with van der Waals surface area (Å²) >= 11 is 20.4. The van der Waals surface area contributed by atoms with Gasteiger partial charge < -0.3 is 0 Å². The van der Waals surface area contributed by atoms with Crippen molar-refractivity contribution in [2.24, 2.45) is 0 Å². The van der Waals surface area contributed by atoms with E-state index < -0.39 is 30.2 Å². The van der Waals surface area contributed by atoms with Crippen molar-refractivity contribution in [3.8, 4) is 0 Å². The zero-order chi connectivity index (χ0) is 11.5. The molecule has 6 nitrogen and oxygen atoms in total. The van der Waals surface area contributed by atoms with Gasteiger partial charge in [0.05, 0.1) is 9.85 Å². The Morgan fingerprint density at radius 1 is 0.929 bits per heavy atom. The predicted octanol–water partition coefficient (Wildman–Crippen LogP) is 2.83. The molecule has 78 valence electrons. The first kappa shape index (κ1) is 13.4. The lowest BCUT2D eigenvalue weighted by atomic mass is 10.5. The van der Waals surface area contributed by atoms with Crippen LogP contribution in [-0.4, -0.2) is 9.85 Å². The summed E-state index contributed by atoms with van der Waals surface area (Å²) in [6.07, 6.45) is 0. The van der Waals surface area contributed by atoms with Gasteiger partial charge in [0, 0.05) is 0 Å².